The minimum Gasteiger partial charge on any atom is -0.383 e. The number of anilines is 1. The van der Waals surface area contributed by atoms with Crippen molar-refractivity contribution in [2.24, 2.45) is 0 Å². The number of hydrogen-bond donors (Lipinski definition) is 1. The van der Waals surface area contributed by atoms with Crippen molar-refractivity contribution in [1.29, 1.82) is 0 Å². The van der Waals surface area contributed by atoms with E-state index in [1.807, 2.05) is 60.7 Å². The van der Waals surface area contributed by atoms with E-state index in [2.05, 4.69) is 34.1 Å². The van der Waals surface area contributed by atoms with Crippen molar-refractivity contribution in [1.82, 2.24) is 9.55 Å². The van der Waals surface area contributed by atoms with Gasteiger partial charge in [0.05, 0.1) is 5.52 Å². The highest BCUT2D eigenvalue weighted by Crippen LogP contribution is 2.23. The largest absolute Gasteiger partial charge is 0.383 e. The highest BCUT2D eigenvalue weighted by Gasteiger charge is 2.10. The molecule has 0 atom stereocenters. The molecular weight excluding hydrogens is 338 g/mol. The van der Waals surface area contributed by atoms with Crippen LogP contribution in [-0.2, 0) is 6.54 Å². The van der Waals surface area contributed by atoms with Gasteiger partial charge in [0.15, 0.2) is 0 Å². The maximum Gasteiger partial charge on any atom is 0.141 e. The van der Waals surface area contributed by atoms with Crippen LogP contribution < -0.4 is 5.32 Å². The zero-order valence-corrected chi connectivity index (χ0v) is 15.1. The van der Waals surface area contributed by atoms with E-state index >= 15 is 0 Å². The second kappa shape index (κ2) is 7.50. The third kappa shape index (κ3) is 3.37. The third-order valence-corrected chi connectivity index (χ3v) is 4.77. The average Bonchev–Trinajstić information content (AvgIpc) is 2.71. The molecule has 3 nitrogen and oxygen atoms in total. The van der Waals surface area contributed by atoms with Crippen LogP contribution in [0.4, 0.5) is 5.69 Å². The number of benzene rings is 3. The zero-order valence-electron chi connectivity index (χ0n) is 14.3. The van der Waals surface area contributed by atoms with Crippen LogP contribution >= 0.6 is 12.2 Å². The molecule has 4 aromatic rings. The first-order valence-electron chi connectivity index (χ1n) is 8.67. The molecule has 0 bridgehead atoms. The molecule has 3 aromatic carbocycles. The molecule has 0 spiro atoms. The molecule has 26 heavy (non-hydrogen) atoms. The summed E-state index contributed by atoms with van der Waals surface area (Å²) in [6.45, 7) is 1.52. The molecule has 0 aliphatic carbocycles. The minimum atomic E-state index is 0.746. The van der Waals surface area contributed by atoms with E-state index < -0.39 is 0 Å². The lowest BCUT2D eigenvalue weighted by atomic mass is 10.2. The molecule has 4 rings (SSSR count). The average molecular weight is 357 g/mol. The Balaban J connectivity index is 1.73. The van der Waals surface area contributed by atoms with Gasteiger partial charge in [-0.05, 0) is 24.3 Å². The van der Waals surface area contributed by atoms with Gasteiger partial charge in [-0.3, -0.25) is 0 Å². The Bertz CT molecular complexity index is 1070. The fraction of sp³-hybridized carbons (Fsp3) is 0.0909. The van der Waals surface area contributed by atoms with Gasteiger partial charge in [-0.15, -0.1) is 0 Å². The van der Waals surface area contributed by atoms with E-state index in [1.54, 1.807) is 0 Å². The molecule has 1 aromatic heterocycles. The summed E-state index contributed by atoms with van der Waals surface area (Å²) in [6.07, 6.45) is 0. The Morgan fingerprint density at radius 3 is 2.23 bits per heavy atom. The van der Waals surface area contributed by atoms with Gasteiger partial charge < -0.3 is 9.88 Å². The molecule has 0 amide bonds. The van der Waals surface area contributed by atoms with Gasteiger partial charge >= 0.3 is 0 Å². The van der Waals surface area contributed by atoms with Crippen LogP contribution in [0.25, 0.3) is 22.3 Å². The first-order valence-corrected chi connectivity index (χ1v) is 9.08. The number of nitrogens with one attached hydrogen (secondary N) is 1. The van der Waals surface area contributed by atoms with Crippen LogP contribution in [-0.4, -0.2) is 16.1 Å². The highest BCUT2D eigenvalue weighted by molar-refractivity contribution is 7.71. The summed E-state index contributed by atoms with van der Waals surface area (Å²) in [7, 11) is 0. The standard InChI is InChI=1S/C22H19N3S/c26-22-19-13-7-8-14-20(19)24-21(17-9-3-1-4-10-17)25(22)16-15-23-18-11-5-2-6-12-18/h1-14,23H,15-16H2. The Kier molecular flexibility index (Phi) is 4.75. The second-order valence-electron chi connectivity index (χ2n) is 6.07. The summed E-state index contributed by atoms with van der Waals surface area (Å²) in [4.78, 5) is 4.90. The smallest absolute Gasteiger partial charge is 0.141 e. The normalized spacial score (nSPS) is 10.8. The first-order chi connectivity index (χ1) is 12.8. The number of fused-ring (bicyclic) bond motifs is 1. The van der Waals surface area contributed by atoms with Crippen molar-refractivity contribution in [3.05, 3.63) is 89.6 Å². The van der Waals surface area contributed by atoms with Gasteiger partial charge in [0.2, 0.25) is 0 Å². The second-order valence-corrected chi connectivity index (χ2v) is 6.45. The summed E-state index contributed by atoms with van der Waals surface area (Å²) in [5, 5.41) is 4.47. The number of aromatic nitrogens is 2. The highest BCUT2D eigenvalue weighted by atomic mass is 32.1. The molecule has 4 heteroatoms. The molecule has 1 N–H and O–H groups in total. The lowest BCUT2D eigenvalue weighted by Gasteiger charge is -2.16. The van der Waals surface area contributed by atoms with Crippen LogP contribution in [0.15, 0.2) is 84.9 Å². The van der Waals surface area contributed by atoms with E-state index in [1.165, 1.54) is 0 Å². The molecule has 0 aliphatic heterocycles. The molecule has 0 aliphatic rings. The third-order valence-electron chi connectivity index (χ3n) is 4.33. The van der Waals surface area contributed by atoms with E-state index in [0.29, 0.717) is 0 Å². The van der Waals surface area contributed by atoms with Gasteiger partial charge in [-0.25, -0.2) is 4.98 Å². The van der Waals surface area contributed by atoms with Crippen molar-refractivity contribution in [2.45, 2.75) is 6.54 Å². The Morgan fingerprint density at radius 2 is 1.46 bits per heavy atom. The summed E-state index contributed by atoms with van der Waals surface area (Å²) >= 11 is 5.81. The zero-order chi connectivity index (χ0) is 17.8. The van der Waals surface area contributed by atoms with Gasteiger partial charge in [-0.1, -0.05) is 72.9 Å². The predicted octanol–water partition coefficient (Wildman–Crippen LogP) is 5.54. The molecule has 0 unspecified atom stereocenters. The van der Waals surface area contributed by atoms with Crippen LogP contribution in [0.1, 0.15) is 0 Å². The quantitative estimate of drug-likeness (QED) is 0.475. The van der Waals surface area contributed by atoms with Gasteiger partial charge in [0.25, 0.3) is 0 Å². The molecule has 0 saturated heterocycles. The Morgan fingerprint density at radius 1 is 0.808 bits per heavy atom. The molecule has 0 radical (unpaired) electrons. The summed E-state index contributed by atoms with van der Waals surface area (Å²) in [5.41, 5.74) is 3.11. The fourth-order valence-electron chi connectivity index (χ4n) is 3.05. The van der Waals surface area contributed by atoms with E-state index in [9.17, 15) is 0 Å². The van der Waals surface area contributed by atoms with Crippen molar-refractivity contribution in [3.63, 3.8) is 0 Å². The summed E-state index contributed by atoms with van der Waals surface area (Å²) < 4.78 is 2.95. The minimum absolute atomic E-state index is 0.746. The number of hydrogen-bond acceptors (Lipinski definition) is 3. The Hall–Kier alpha value is -2.98. The maximum absolute atomic E-state index is 5.81. The number of rotatable bonds is 5. The number of para-hydroxylation sites is 2. The monoisotopic (exact) mass is 357 g/mol. The SMILES string of the molecule is S=c1c2ccccc2nc(-c2ccccc2)n1CCNc1ccccc1. The molecule has 1 heterocycles. The Labute approximate surface area is 158 Å². The van der Waals surface area contributed by atoms with Crippen molar-refractivity contribution in [3.8, 4) is 11.4 Å². The van der Waals surface area contributed by atoms with Crippen molar-refractivity contribution in [2.75, 3.05) is 11.9 Å². The molecule has 128 valence electrons. The van der Waals surface area contributed by atoms with Crippen molar-refractivity contribution < 1.29 is 0 Å². The van der Waals surface area contributed by atoms with Crippen LogP contribution in [0.3, 0.4) is 0 Å². The lowest BCUT2D eigenvalue weighted by molar-refractivity contribution is 0.713. The summed E-state index contributed by atoms with van der Waals surface area (Å²) in [5.74, 6) is 0.907. The molecule has 0 saturated carbocycles. The van der Waals surface area contributed by atoms with Gasteiger partial charge in [0, 0.05) is 29.7 Å². The molecule has 0 fully saturated rings. The van der Waals surface area contributed by atoms with Crippen LogP contribution in [0, 0.1) is 4.64 Å². The first kappa shape index (κ1) is 16.5. The number of nitrogens with zero attached hydrogens (tertiary/aromatic N) is 2. The topological polar surface area (TPSA) is 29.9 Å². The van der Waals surface area contributed by atoms with Gasteiger partial charge in [-0.2, -0.15) is 0 Å². The molecular formula is C22H19N3S. The maximum atomic E-state index is 5.81. The van der Waals surface area contributed by atoms with Crippen LogP contribution in [0.5, 0.6) is 0 Å². The predicted molar refractivity (Wildman–Crippen MR) is 111 cm³/mol. The summed E-state index contributed by atoms with van der Waals surface area (Å²) in [6, 6.07) is 28.5. The lowest BCUT2D eigenvalue weighted by Crippen LogP contribution is -2.15. The van der Waals surface area contributed by atoms with E-state index in [4.69, 9.17) is 17.2 Å². The van der Waals surface area contributed by atoms with E-state index in [0.717, 1.165) is 45.7 Å². The fourth-order valence-corrected chi connectivity index (χ4v) is 3.40. The van der Waals surface area contributed by atoms with Gasteiger partial charge in [0.1, 0.15) is 10.5 Å². The van der Waals surface area contributed by atoms with Crippen LogP contribution in [0.2, 0.25) is 0 Å². The van der Waals surface area contributed by atoms with Crippen molar-refractivity contribution >= 4 is 28.8 Å². The van der Waals surface area contributed by atoms with E-state index in [-0.39, 0.29) is 0 Å².